The molecule has 148 valence electrons. The van der Waals surface area contributed by atoms with Crippen LogP contribution in [0.5, 0.6) is 0 Å². The second kappa shape index (κ2) is 8.91. The maximum atomic E-state index is 13.3. The molecule has 5 nitrogen and oxygen atoms in total. The van der Waals surface area contributed by atoms with E-state index in [1.54, 1.807) is 30.3 Å². The molecule has 1 saturated heterocycles. The van der Waals surface area contributed by atoms with Gasteiger partial charge in [-0.1, -0.05) is 58.7 Å². The van der Waals surface area contributed by atoms with Crippen molar-refractivity contribution < 1.29 is 9.59 Å². The Labute approximate surface area is 183 Å². The fourth-order valence-electron chi connectivity index (χ4n) is 2.93. The van der Waals surface area contributed by atoms with Crippen LogP contribution in [-0.2, 0) is 16.0 Å². The third-order valence-electron chi connectivity index (χ3n) is 4.45. The Morgan fingerprint density at radius 1 is 1.24 bits per heavy atom. The number of carbonyl (C=O) groups is 2. The summed E-state index contributed by atoms with van der Waals surface area (Å²) in [6.45, 7) is 1.94. The summed E-state index contributed by atoms with van der Waals surface area (Å²) in [5.41, 5.74) is 2.31. The first-order valence-electron chi connectivity index (χ1n) is 8.73. The van der Waals surface area contributed by atoms with Gasteiger partial charge in [-0.05, 0) is 43.2 Å². The van der Waals surface area contributed by atoms with Crippen molar-refractivity contribution >= 4 is 52.5 Å². The maximum Gasteiger partial charge on any atom is 0.264 e. The highest BCUT2D eigenvalue weighted by Gasteiger charge is 2.40. The van der Waals surface area contributed by atoms with Gasteiger partial charge in [-0.15, -0.1) is 0 Å². The number of aryl methyl sites for hydroxylation is 1. The first-order valence-corrected chi connectivity index (χ1v) is 10.4. The second-order valence-electron chi connectivity index (χ2n) is 6.43. The predicted octanol–water partition coefficient (Wildman–Crippen LogP) is 4.47. The minimum absolute atomic E-state index is 0.101. The number of nitrogens with zero attached hydrogens (tertiary/aromatic N) is 2. The van der Waals surface area contributed by atoms with Gasteiger partial charge in [0.25, 0.3) is 5.91 Å². The SMILES string of the molecule is CNC(=O)/C(C#N)=C1\S[C@H](Cc2ccc(Cl)cc2Cl)C(=O)N1c1ccc(C)cc1. The van der Waals surface area contributed by atoms with E-state index in [1.807, 2.05) is 25.1 Å². The minimum Gasteiger partial charge on any atom is -0.354 e. The molecule has 1 fully saturated rings. The average Bonchev–Trinajstić information content (AvgIpc) is 3.01. The van der Waals surface area contributed by atoms with Gasteiger partial charge in [-0.3, -0.25) is 14.5 Å². The molecule has 1 atom stereocenters. The van der Waals surface area contributed by atoms with E-state index in [0.717, 1.165) is 11.1 Å². The van der Waals surface area contributed by atoms with E-state index in [4.69, 9.17) is 23.2 Å². The van der Waals surface area contributed by atoms with Crippen molar-refractivity contribution in [2.45, 2.75) is 18.6 Å². The Hall–Kier alpha value is -2.46. The molecule has 8 heteroatoms. The number of nitrogens with one attached hydrogen (secondary N) is 1. The summed E-state index contributed by atoms with van der Waals surface area (Å²) in [4.78, 5) is 27.0. The lowest BCUT2D eigenvalue weighted by molar-refractivity contribution is -0.117. The molecule has 2 amide bonds. The molecule has 2 aromatic rings. The average molecular weight is 446 g/mol. The lowest BCUT2D eigenvalue weighted by Gasteiger charge is -2.18. The molecule has 29 heavy (non-hydrogen) atoms. The van der Waals surface area contributed by atoms with Gasteiger partial charge in [-0.2, -0.15) is 5.26 Å². The van der Waals surface area contributed by atoms with Gasteiger partial charge in [0, 0.05) is 22.8 Å². The first kappa shape index (κ1) is 21.3. The molecule has 1 N–H and O–H groups in total. The number of halogens is 2. The number of thioether (sulfide) groups is 1. The standard InChI is InChI=1S/C21H17Cl2N3O2S/c1-12-3-7-15(8-4-12)26-20(28)18(9-13-5-6-14(22)10-17(13)23)29-21(26)16(11-24)19(27)25-2/h3-8,10,18H,9H2,1-2H3,(H,25,27)/b21-16-/t18-/m1/s1. The second-order valence-corrected chi connectivity index (χ2v) is 8.46. The number of amides is 2. The molecule has 0 bridgehead atoms. The summed E-state index contributed by atoms with van der Waals surface area (Å²) < 4.78 is 0. The zero-order valence-corrected chi connectivity index (χ0v) is 18.0. The lowest BCUT2D eigenvalue weighted by atomic mass is 10.1. The number of anilines is 1. The van der Waals surface area contributed by atoms with Gasteiger partial charge in [0.1, 0.15) is 16.7 Å². The third kappa shape index (κ3) is 4.43. The normalized spacial score (nSPS) is 17.8. The number of rotatable bonds is 4. The van der Waals surface area contributed by atoms with Crippen LogP contribution in [0.3, 0.4) is 0 Å². The van der Waals surface area contributed by atoms with Crippen LogP contribution < -0.4 is 10.2 Å². The number of hydrogen-bond acceptors (Lipinski definition) is 4. The van der Waals surface area contributed by atoms with Crippen LogP contribution in [0.1, 0.15) is 11.1 Å². The van der Waals surface area contributed by atoms with Crippen LogP contribution in [-0.4, -0.2) is 24.1 Å². The Morgan fingerprint density at radius 2 is 1.93 bits per heavy atom. The van der Waals surface area contributed by atoms with Crippen molar-refractivity contribution in [1.82, 2.24) is 5.32 Å². The summed E-state index contributed by atoms with van der Waals surface area (Å²) in [5, 5.41) is 12.8. The molecule has 0 radical (unpaired) electrons. The van der Waals surface area contributed by atoms with Gasteiger partial charge in [-0.25, -0.2) is 0 Å². The van der Waals surface area contributed by atoms with Crippen LogP contribution in [0.2, 0.25) is 10.0 Å². The van der Waals surface area contributed by atoms with Crippen molar-refractivity contribution in [3.63, 3.8) is 0 Å². The number of nitriles is 1. The first-order chi connectivity index (χ1) is 13.8. The highest BCUT2D eigenvalue weighted by atomic mass is 35.5. The number of hydrogen-bond donors (Lipinski definition) is 1. The zero-order valence-electron chi connectivity index (χ0n) is 15.7. The van der Waals surface area contributed by atoms with Gasteiger partial charge >= 0.3 is 0 Å². The van der Waals surface area contributed by atoms with E-state index in [0.29, 0.717) is 27.2 Å². The number of likely N-dealkylation sites (N-methyl/N-ethyl adjacent to an activating group) is 1. The summed E-state index contributed by atoms with van der Waals surface area (Å²) >= 11 is 13.4. The van der Waals surface area contributed by atoms with Crippen molar-refractivity contribution in [3.8, 4) is 6.07 Å². The highest BCUT2D eigenvalue weighted by Crippen LogP contribution is 2.42. The highest BCUT2D eigenvalue weighted by molar-refractivity contribution is 8.05. The number of benzene rings is 2. The van der Waals surface area contributed by atoms with Crippen molar-refractivity contribution in [1.29, 1.82) is 5.26 Å². The predicted molar refractivity (Wildman–Crippen MR) is 117 cm³/mol. The summed E-state index contributed by atoms with van der Waals surface area (Å²) in [7, 11) is 1.45. The monoisotopic (exact) mass is 445 g/mol. The lowest BCUT2D eigenvalue weighted by Crippen LogP contribution is -2.31. The van der Waals surface area contributed by atoms with Crippen molar-refractivity contribution in [2.75, 3.05) is 11.9 Å². The van der Waals surface area contributed by atoms with Gasteiger partial charge < -0.3 is 5.32 Å². The number of carbonyl (C=O) groups excluding carboxylic acids is 2. The van der Waals surface area contributed by atoms with E-state index in [2.05, 4.69) is 5.32 Å². The third-order valence-corrected chi connectivity index (χ3v) is 6.29. The van der Waals surface area contributed by atoms with Crippen LogP contribution in [0.4, 0.5) is 5.69 Å². The Bertz CT molecular complexity index is 1040. The van der Waals surface area contributed by atoms with Gasteiger partial charge in [0.05, 0.1) is 5.25 Å². The topological polar surface area (TPSA) is 73.2 Å². The molecule has 0 unspecified atom stereocenters. The van der Waals surface area contributed by atoms with Gasteiger partial charge in [0.2, 0.25) is 5.91 Å². The molecular weight excluding hydrogens is 429 g/mol. The molecule has 2 aromatic carbocycles. The fourth-order valence-corrected chi connectivity index (χ4v) is 4.71. The molecule has 0 spiro atoms. The van der Waals surface area contributed by atoms with Crippen LogP contribution in [0, 0.1) is 18.3 Å². The Balaban J connectivity index is 2.05. The van der Waals surface area contributed by atoms with E-state index in [1.165, 1.54) is 23.7 Å². The zero-order chi connectivity index (χ0) is 21.1. The quantitative estimate of drug-likeness (QED) is 0.556. The summed E-state index contributed by atoms with van der Waals surface area (Å²) in [6, 6.07) is 14.4. The van der Waals surface area contributed by atoms with E-state index >= 15 is 0 Å². The summed E-state index contributed by atoms with van der Waals surface area (Å²) in [5.74, 6) is -0.749. The van der Waals surface area contributed by atoms with Crippen LogP contribution >= 0.6 is 35.0 Å². The maximum absolute atomic E-state index is 13.3. The Kier molecular flexibility index (Phi) is 6.53. The van der Waals surface area contributed by atoms with Gasteiger partial charge in [0.15, 0.2) is 0 Å². The molecule has 1 aliphatic heterocycles. The Morgan fingerprint density at radius 3 is 2.52 bits per heavy atom. The van der Waals surface area contributed by atoms with E-state index < -0.39 is 11.2 Å². The smallest absolute Gasteiger partial charge is 0.264 e. The molecule has 1 aliphatic rings. The van der Waals surface area contributed by atoms with Crippen molar-refractivity contribution in [3.05, 3.63) is 74.2 Å². The molecule has 0 saturated carbocycles. The van der Waals surface area contributed by atoms with E-state index in [-0.39, 0.29) is 11.5 Å². The molecule has 0 aromatic heterocycles. The molecule has 0 aliphatic carbocycles. The summed E-state index contributed by atoms with van der Waals surface area (Å²) in [6.07, 6.45) is 0.345. The van der Waals surface area contributed by atoms with Crippen LogP contribution in [0.25, 0.3) is 0 Å². The molecule has 3 rings (SSSR count). The fraction of sp³-hybridized carbons (Fsp3) is 0.190. The van der Waals surface area contributed by atoms with Crippen LogP contribution in [0.15, 0.2) is 53.1 Å². The van der Waals surface area contributed by atoms with Crippen molar-refractivity contribution in [2.24, 2.45) is 0 Å². The van der Waals surface area contributed by atoms with E-state index in [9.17, 15) is 14.9 Å². The molecule has 1 heterocycles. The minimum atomic E-state index is -0.537. The largest absolute Gasteiger partial charge is 0.354 e. The molecular formula is C21H17Cl2N3O2S.